The predicted molar refractivity (Wildman–Crippen MR) is 306 cm³/mol. The van der Waals surface area contributed by atoms with E-state index in [9.17, 15) is 14.4 Å². The van der Waals surface area contributed by atoms with Crippen LogP contribution in [0.1, 0.15) is 252 Å². The quantitative estimate of drug-likeness (QED) is 0.0261. The van der Waals surface area contributed by atoms with Crippen LogP contribution in [0.25, 0.3) is 0 Å². The van der Waals surface area contributed by atoms with E-state index in [0.29, 0.717) is 19.3 Å². The Bertz CT molecular complexity index is 1500. The van der Waals surface area contributed by atoms with Crippen molar-refractivity contribution in [1.29, 1.82) is 0 Å². The molecule has 0 aromatic carbocycles. The Hall–Kier alpha value is -4.19. The normalized spacial score (nSPS) is 13.0. The maximum absolute atomic E-state index is 12.9. The van der Waals surface area contributed by atoms with Gasteiger partial charge < -0.3 is 14.2 Å². The van der Waals surface area contributed by atoms with Crippen LogP contribution in [0.3, 0.4) is 0 Å². The van der Waals surface area contributed by atoms with Crippen LogP contribution in [-0.2, 0) is 28.6 Å². The number of allylic oxidation sites excluding steroid dienone is 20. The van der Waals surface area contributed by atoms with Gasteiger partial charge in [-0.1, -0.05) is 226 Å². The number of carbonyl (C=O) groups excluding carboxylic acids is 3. The zero-order valence-corrected chi connectivity index (χ0v) is 45.9. The van der Waals surface area contributed by atoms with Crippen molar-refractivity contribution in [1.82, 2.24) is 0 Å². The molecule has 0 aliphatic rings. The largest absolute Gasteiger partial charge is 0.462 e. The molecule has 71 heavy (non-hydrogen) atoms. The Morgan fingerprint density at radius 2 is 0.549 bits per heavy atom. The number of esters is 3. The second kappa shape index (κ2) is 58.4. The minimum atomic E-state index is -0.802. The van der Waals surface area contributed by atoms with Gasteiger partial charge in [0.25, 0.3) is 0 Å². The van der Waals surface area contributed by atoms with Crippen LogP contribution in [0, 0.1) is 0 Å². The molecule has 0 radical (unpaired) electrons. The highest BCUT2D eigenvalue weighted by Crippen LogP contribution is 2.14. The van der Waals surface area contributed by atoms with Crippen molar-refractivity contribution in [2.45, 2.75) is 258 Å². The first kappa shape index (κ1) is 66.8. The van der Waals surface area contributed by atoms with Gasteiger partial charge in [0, 0.05) is 19.3 Å². The highest BCUT2D eigenvalue weighted by Gasteiger charge is 2.19. The zero-order chi connectivity index (χ0) is 51.4. The van der Waals surface area contributed by atoms with Crippen molar-refractivity contribution in [3.8, 4) is 0 Å². The van der Waals surface area contributed by atoms with E-state index < -0.39 is 6.10 Å². The molecule has 0 fully saturated rings. The summed E-state index contributed by atoms with van der Waals surface area (Å²) in [6.07, 6.45) is 80.4. The van der Waals surface area contributed by atoms with Gasteiger partial charge in [-0.05, 0) is 128 Å². The molecule has 0 saturated heterocycles. The maximum atomic E-state index is 12.9. The molecule has 0 aromatic heterocycles. The lowest BCUT2D eigenvalue weighted by Crippen LogP contribution is -2.30. The van der Waals surface area contributed by atoms with E-state index in [1.54, 1.807) is 0 Å². The Kier molecular flexibility index (Phi) is 54.9. The number of hydrogen-bond donors (Lipinski definition) is 0. The number of carbonyl (C=O) groups is 3. The third kappa shape index (κ3) is 56.6. The summed E-state index contributed by atoms with van der Waals surface area (Å²) in [6, 6.07) is 0. The Balaban J connectivity index is 4.47. The minimum Gasteiger partial charge on any atom is -0.462 e. The van der Waals surface area contributed by atoms with Gasteiger partial charge in [0.15, 0.2) is 6.10 Å². The number of hydrogen-bond acceptors (Lipinski definition) is 6. The van der Waals surface area contributed by atoms with Crippen LogP contribution in [0.15, 0.2) is 122 Å². The molecule has 0 saturated carbocycles. The molecule has 0 rings (SSSR count). The second-order valence-electron chi connectivity index (χ2n) is 18.8. The van der Waals surface area contributed by atoms with Crippen molar-refractivity contribution in [3.63, 3.8) is 0 Å². The van der Waals surface area contributed by atoms with Crippen molar-refractivity contribution >= 4 is 17.9 Å². The second-order valence-corrected chi connectivity index (χ2v) is 18.8. The first-order chi connectivity index (χ1) is 35.0. The fourth-order valence-corrected chi connectivity index (χ4v) is 7.63. The van der Waals surface area contributed by atoms with Gasteiger partial charge in [0.2, 0.25) is 0 Å². The molecule has 0 spiro atoms. The molecule has 6 nitrogen and oxygen atoms in total. The van der Waals surface area contributed by atoms with Crippen molar-refractivity contribution in [3.05, 3.63) is 122 Å². The number of unbranched alkanes of at least 4 members (excludes halogenated alkanes) is 20. The van der Waals surface area contributed by atoms with E-state index in [2.05, 4.69) is 142 Å². The summed E-state index contributed by atoms with van der Waals surface area (Å²) in [5.41, 5.74) is 0. The lowest BCUT2D eigenvalue weighted by Gasteiger charge is -2.18. The van der Waals surface area contributed by atoms with Crippen LogP contribution in [0.2, 0.25) is 0 Å². The lowest BCUT2D eigenvalue weighted by molar-refractivity contribution is -0.167. The fraction of sp³-hybridized carbons (Fsp3) is 0.646. The van der Waals surface area contributed by atoms with E-state index in [1.807, 2.05) is 0 Å². The van der Waals surface area contributed by atoms with Gasteiger partial charge in [-0.15, -0.1) is 0 Å². The molecule has 0 aliphatic carbocycles. The molecule has 0 amide bonds. The molecular formula is C65H106O6. The third-order valence-corrected chi connectivity index (χ3v) is 11.9. The first-order valence-electron chi connectivity index (χ1n) is 29.0. The van der Waals surface area contributed by atoms with E-state index in [0.717, 1.165) is 161 Å². The van der Waals surface area contributed by atoms with E-state index in [4.69, 9.17) is 14.2 Å². The van der Waals surface area contributed by atoms with Gasteiger partial charge in [0.05, 0.1) is 0 Å². The monoisotopic (exact) mass is 983 g/mol. The zero-order valence-electron chi connectivity index (χ0n) is 45.9. The Morgan fingerprint density at radius 1 is 0.296 bits per heavy atom. The average Bonchev–Trinajstić information content (AvgIpc) is 3.37. The predicted octanol–water partition coefficient (Wildman–Crippen LogP) is 19.6. The summed E-state index contributed by atoms with van der Waals surface area (Å²) >= 11 is 0. The molecule has 0 N–H and O–H groups in total. The van der Waals surface area contributed by atoms with Crippen LogP contribution < -0.4 is 0 Å². The van der Waals surface area contributed by atoms with E-state index in [-0.39, 0.29) is 31.1 Å². The van der Waals surface area contributed by atoms with E-state index in [1.165, 1.54) is 51.4 Å². The first-order valence-corrected chi connectivity index (χ1v) is 29.0. The van der Waals surface area contributed by atoms with Gasteiger partial charge in [0.1, 0.15) is 13.2 Å². The molecule has 0 heterocycles. The van der Waals surface area contributed by atoms with Crippen molar-refractivity contribution in [2.75, 3.05) is 13.2 Å². The van der Waals surface area contributed by atoms with Crippen LogP contribution in [0.4, 0.5) is 0 Å². The summed E-state index contributed by atoms with van der Waals surface area (Å²) in [6.45, 7) is 6.35. The highest BCUT2D eigenvalue weighted by molar-refractivity contribution is 5.71. The topological polar surface area (TPSA) is 78.9 Å². The molecule has 1 unspecified atom stereocenters. The highest BCUT2D eigenvalue weighted by atomic mass is 16.6. The van der Waals surface area contributed by atoms with Crippen LogP contribution in [-0.4, -0.2) is 37.2 Å². The smallest absolute Gasteiger partial charge is 0.306 e. The summed E-state index contributed by atoms with van der Waals surface area (Å²) in [5, 5.41) is 0. The van der Waals surface area contributed by atoms with Crippen molar-refractivity contribution in [2.24, 2.45) is 0 Å². The molecule has 0 bridgehead atoms. The van der Waals surface area contributed by atoms with Gasteiger partial charge in [-0.25, -0.2) is 0 Å². The van der Waals surface area contributed by atoms with Gasteiger partial charge in [-0.2, -0.15) is 0 Å². The number of rotatable bonds is 51. The van der Waals surface area contributed by atoms with Gasteiger partial charge in [-0.3, -0.25) is 14.4 Å². The summed E-state index contributed by atoms with van der Waals surface area (Å²) in [7, 11) is 0. The van der Waals surface area contributed by atoms with Crippen LogP contribution >= 0.6 is 0 Å². The minimum absolute atomic E-state index is 0.0987. The Labute approximate surface area is 437 Å². The third-order valence-electron chi connectivity index (χ3n) is 11.9. The molecule has 0 aromatic rings. The Morgan fingerprint density at radius 3 is 0.859 bits per heavy atom. The number of ether oxygens (including phenoxy) is 3. The SMILES string of the molecule is CC/C=C\C/C=C\C/C=C\C/C=C\C/C=C\CCCCCCCC(=O)OCC(COC(=O)CCCCCCC/C=C\C/C=C\CCCCC)OC(=O)CCCCCCCCC/C=C\C/C=C\C/C=C\CC. The molecular weight excluding hydrogens is 877 g/mol. The van der Waals surface area contributed by atoms with Crippen LogP contribution in [0.5, 0.6) is 0 Å². The summed E-state index contributed by atoms with van der Waals surface area (Å²) in [5.74, 6) is -0.941. The lowest BCUT2D eigenvalue weighted by atomic mass is 10.1. The average molecular weight is 984 g/mol. The van der Waals surface area contributed by atoms with Gasteiger partial charge >= 0.3 is 17.9 Å². The standard InChI is InChI=1S/C65H106O6/c1-4-7-10-13-16-19-22-25-28-30-31-32-33-35-37-40-43-46-49-52-55-58-64(67)70-61-62(60-69-63(66)57-54-51-48-45-42-39-36-27-24-21-18-15-12-9-6-3)71-65(68)59-56-53-50-47-44-41-38-34-29-26-23-20-17-14-11-8-5-2/h7-8,10-11,16-21,25-29,31-32,35-37,62H,4-6,9,12-15,22-24,30,33-34,38-61H2,1-3H3/b10-7-,11-8-,19-16-,20-17-,21-18-,28-25-,29-26-,32-31-,36-27-,37-35-. The molecule has 402 valence electrons. The molecule has 6 heteroatoms. The molecule has 1 atom stereocenters. The van der Waals surface area contributed by atoms with E-state index >= 15 is 0 Å². The van der Waals surface area contributed by atoms with Crippen molar-refractivity contribution < 1.29 is 28.6 Å². The summed E-state index contributed by atoms with van der Waals surface area (Å²) in [4.78, 5) is 38.2. The maximum Gasteiger partial charge on any atom is 0.306 e. The molecule has 0 aliphatic heterocycles. The fourth-order valence-electron chi connectivity index (χ4n) is 7.63. The summed E-state index contributed by atoms with van der Waals surface area (Å²) < 4.78 is 16.9.